The fourth-order valence-electron chi connectivity index (χ4n) is 3.34. The van der Waals surface area contributed by atoms with Gasteiger partial charge < -0.3 is 19.4 Å². The van der Waals surface area contributed by atoms with Gasteiger partial charge in [-0.2, -0.15) is 0 Å². The summed E-state index contributed by atoms with van der Waals surface area (Å²) in [6, 6.07) is 5.15. The molecular formula is C20H16ClFN4O5. The maximum atomic E-state index is 13.6. The Hall–Kier alpha value is -3.66. The molecule has 4 amide bonds. The highest BCUT2D eigenvalue weighted by molar-refractivity contribution is 6.34. The molecule has 0 spiro atoms. The van der Waals surface area contributed by atoms with Crippen LogP contribution in [0.4, 0.5) is 9.18 Å². The molecule has 160 valence electrons. The number of nitrogens with one attached hydrogen (secondary N) is 2. The van der Waals surface area contributed by atoms with Gasteiger partial charge in [0.25, 0.3) is 11.8 Å². The molecule has 2 N–H and O–H groups in total. The average Bonchev–Trinajstić information content (AvgIpc) is 3.39. The van der Waals surface area contributed by atoms with Crippen molar-refractivity contribution in [2.45, 2.75) is 12.6 Å². The molecule has 2 aliphatic heterocycles. The van der Waals surface area contributed by atoms with Gasteiger partial charge in [0.2, 0.25) is 0 Å². The topological polar surface area (TPSA) is 114 Å². The van der Waals surface area contributed by atoms with E-state index in [9.17, 15) is 18.8 Å². The molecule has 3 aromatic rings. The maximum absolute atomic E-state index is 13.6. The maximum Gasteiger partial charge on any atom is 0.322 e. The molecule has 9 nitrogen and oxygen atoms in total. The van der Waals surface area contributed by atoms with Crippen LogP contribution >= 0.6 is 11.6 Å². The van der Waals surface area contributed by atoms with Crippen LogP contribution in [0.5, 0.6) is 5.75 Å². The number of carbonyl (C=O) groups excluding carboxylic acids is 3. The number of furan rings is 1. The van der Waals surface area contributed by atoms with Crippen molar-refractivity contribution in [3.05, 3.63) is 58.3 Å². The average molecular weight is 447 g/mol. The molecule has 1 fully saturated rings. The Balaban J connectivity index is 0.000000152. The summed E-state index contributed by atoms with van der Waals surface area (Å²) in [5, 5.41) is 5.47. The van der Waals surface area contributed by atoms with Gasteiger partial charge in [-0.05, 0) is 23.8 Å². The number of aromatic nitrogens is 1. The third kappa shape index (κ3) is 3.66. The van der Waals surface area contributed by atoms with Gasteiger partial charge in [-0.1, -0.05) is 17.7 Å². The molecule has 0 radical (unpaired) electrons. The number of ether oxygens (including phenoxy) is 1. The lowest BCUT2D eigenvalue weighted by atomic mass is 10.1. The molecule has 2 aliphatic rings. The van der Waals surface area contributed by atoms with E-state index < -0.39 is 23.8 Å². The lowest BCUT2D eigenvalue weighted by molar-refractivity contribution is -0.120. The highest BCUT2D eigenvalue weighted by atomic mass is 35.5. The number of benzene rings is 1. The summed E-state index contributed by atoms with van der Waals surface area (Å²) in [6.07, 6.45) is 1.51. The Morgan fingerprint density at radius 3 is 2.71 bits per heavy atom. The van der Waals surface area contributed by atoms with Gasteiger partial charge in [-0.15, -0.1) is 0 Å². The van der Waals surface area contributed by atoms with Crippen LogP contribution in [0.15, 0.2) is 34.9 Å². The van der Waals surface area contributed by atoms with Crippen molar-refractivity contribution in [3.8, 4) is 5.75 Å². The first-order valence-electron chi connectivity index (χ1n) is 9.06. The second kappa shape index (κ2) is 7.88. The zero-order valence-corrected chi connectivity index (χ0v) is 17.1. The number of amides is 4. The first-order chi connectivity index (χ1) is 14.8. The van der Waals surface area contributed by atoms with Gasteiger partial charge in [-0.25, -0.2) is 14.2 Å². The molecule has 1 unspecified atom stereocenters. The Kier molecular flexibility index (Phi) is 5.24. The minimum absolute atomic E-state index is 0.118. The number of fused-ring (bicyclic) bond motifs is 2. The molecule has 11 heteroatoms. The first kappa shape index (κ1) is 20.6. The van der Waals surface area contributed by atoms with E-state index in [4.69, 9.17) is 20.8 Å². The number of nitrogens with zero attached hydrogens (tertiary/aromatic N) is 2. The second-order valence-corrected chi connectivity index (χ2v) is 7.19. The van der Waals surface area contributed by atoms with E-state index in [-0.39, 0.29) is 17.2 Å². The van der Waals surface area contributed by atoms with Crippen LogP contribution in [-0.2, 0) is 11.3 Å². The van der Waals surface area contributed by atoms with Gasteiger partial charge in [-0.3, -0.25) is 14.9 Å². The molecule has 2 aromatic heterocycles. The van der Waals surface area contributed by atoms with Gasteiger partial charge in [0.05, 0.1) is 18.1 Å². The van der Waals surface area contributed by atoms with Crippen LogP contribution in [0.2, 0.25) is 5.15 Å². The number of halogens is 2. The molecule has 4 heterocycles. The number of carbonyl (C=O) groups is 3. The smallest absolute Gasteiger partial charge is 0.322 e. The van der Waals surface area contributed by atoms with Gasteiger partial charge in [0, 0.05) is 19.8 Å². The number of urea groups is 1. The third-order valence-electron chi connectivity index (χ3n) is 4.86. The molecule has 0 aliphatic carbocycles. The van der Waals surface area contributed by atoms with Crippen molar-refractivity contribution < 1.29 is 27.9 Å². The van der Waals surface area contributed by atoms with Crippen LogP contribution in [0.25, 0.3) is 11.0 Å². The summed E-state index contributed by atoms with van der Waals surface area (Å²) >= 11 is 5.88. The fourth-order valence-corrected chi connectivity index (χ4v) is 3.55. The van der Waals surface area contributed by atoms with Crippen LogP contribution < -0.4 is 15.4 Å². The lowest BCUT2D eigenvalue weighted by Gasteiger charge is -2.05. The first-order valence-corrected chi connectivity index (χ1v) is 9.44. The summed E-state index contributed by atoms with van der Waals surface area (Å²) in [5.41, 5.74) is 1.39. The van der Waals surface area contributed by atoms with E-state index in [0.717, 1.165) is 5.56 Å². The fraction of sp³-hybridized carbons (Fsp3) is 0.200. The zero-order chi connectivity index (χ0) is 22.3. The highest BCUT2D eigenvalue weighted by Crippen LogP contribution is 2.30. The summed E-state index contributed by atoms with van der Waals surface area (Å²) in [7, 11) is 3.03. The normalized spacial score (nSPS) is 17.2. The lowest BCUT2D eigenvalue weighted by Crippen LogP contribution is -2.22. The molecule has 31 heavy (non-hydrogen) atoms. The van der Waals surface area contributed by atoms with Crippen LogP contribution in [-0.4, -0.2) is 41.9 Å². The summed E-state index contributed by atoms with van der Waals surface area (Å²) in [6.45, 7) is 0.467. The van der Waals surface area contributed by atoms with Gasteiger partial charge in [0.15, 0.2) is 17.6 Å². The predicted molar refractivity (Wildman–Crippen MR) is 107 cm³/mol. The van der Waals surface area contributed by atoms with E-state index in [2.05, 4.69) is 15.6 Å². The third-order valence-corrected chi connectivity index (χ3v) is 5.16. The quantitative estimate of drug-likeness (QED) is 0.462. The predicted octanol–water partition coefficient (Wildman–Crippen LogP) is 2.78. The number of methoxy groups -OCH3 is 1. The van der Waals surface area contributed by atoms with E-state index in [1.54, 1.807) is 31.3 Å². The van der Waals surface area contributed by atoms with Crippen molar-refractivity contribution in [2.24, 2.45) is 0 Å². The Morgan fingerprint density at radius 1 is 1.29 bits per heavy atom. The van der Waals surface area contributed by atoms with Crippen molar-refractivity contribution >= 4 is 40.4 Å². The monoisotopic (exact) mass is 446 g/mol. The van der Waals surface area contributed by atoms with E-state index >= 15 is 0 Å². The van der Waals surface area contributed by atoms with E-state index in [0.29, 0.717) is 28.4 Å². The number of rotatable bonds is 2. The largest absolute Gasteiger partial charge is 0.494 e. The molecule has 1 aromatic carbocycles. The number of hydrogen-bond donors (Lipinski definition) is 2. The van der Waals surface area contributed by atoms with Crippen molar-refractivity contribution in [3.63, 3.8) is 0 Å². The molecule has 1 saturated heterocycles. The Morgan fingerprint density at radius 2 is 2.06 bits per heavy atom. The SMILES string of the molecule is COc1ccc2c(c1F)C(=O)N(C)C2.O=C1NC(=O)C(c2cc3c(Cl)nccc3o2)N1. The number of pyridine rings is 1. The summed E-state index contributed by atoms with van der Waals surface area (Å²) < 4.78 is 23.9. The van der Waals surface area contributed by atoms with Gasteiger partial charge in [0.1, 0.15) is 16.5 Å². The summed E-state index contributed by atoms with van der Waals surface area (Å²) in [5.74, 6) is -0.834. The number of imide groups is 1. The van der Waals surface area contributed by atoms with Crippen molar-refractivity contribution in [1.82, 2.24) is 20.5 Å². The molecule has 0 bridgehead atoms. The Labute approximate surface area is 180 Å². The standard InChI is InChI=1S/C10H6ClN3O3.C10H10FNO2/c11-8-4-3-6(17-5(4)1-2-12-8)7-9(15)14-10(16)13-7;1-12-5-6-3-4-7(14-2)9(11)8(6)10(12)13/h1-3,7H,(H2,13,14,15,16);3-4H,5H2,1-2H3. The molecule has 1 atom stereocenters. The van der Waals surface area contributed by atoms with Crippen LogP contribution in [0, 0.1) is 5.82 Å². The van der Waals surface area contributed by atoms with E-state index in [1.165, 1.54) is 18.2 Å². The molecule has 0 saturated carbocycles. The minimum Gasteiger partial charge on any atom is -0.494 e. The molecule has 5 rings (SSSR count). The highest BCUT2D eigenvalue weighted by Gasteiger charge is 2.33. The van der Waals surface area contributed by atoms with Crippen LogP contribution in [0.1, 0.15) is 27.7 Å². The second-order valence-electron chi connectivity index (χ2n) is 6.84. The van der Waals surface area contributed by atoms with E-state index in [1.807, 2.05) is 0 Å². The van der Waals surface area contributed by atoms with Crippen molar-refractivity contribution in [2.75, 3.05) is 14.2 Å². The Bertz CT molecular complexity index is 1230. The van der Waals surface area contributed by atoms with Crippen molar-refractivity contribution in [1.29, 1.82) is 0 Å². The zero-order valence-electron chi connectivity index (χ0n) is 16.4. The van der Waals surface area contributed by atoms with Crippen LogP contribution in [0.3, 0.4) is 0 Å². The minimum atomic E-state index is -0.814. The number of hydrogen-bond acceptors (Lipinski definition) is 6. The summed E-state index contributed by atoms with van der Waals surface area (Å²) in [4.78, 5) is 39.3. The molecular weight excluding hydrogens is 431 g/mol. The van der Waals surface area contributed by atoms with Gasteiger partial charge >= 0.3 is 6.03 Å².